The average molecular weight is 168 g/mol. The van der Waals surface area contributed by atoms with Crippen molar-refractivity contribution in [3.05, 3.63) is 12.2 Å². The van der Waals surface area contributed by atoms with Crippen LogP contribution in [0.15, 0.2) is 12.2 Å². The van der Waals surface area contributed by atoms with E-state index in [1.165, 1.54) is 25.0 Å². The Morgan fingerprint density at radius 3 is 3.00 bits per heavy atom. The molecule has 70 valence electrons. The molecule has 0 spiro atoms. The molecule has 0 radical (unpaired) electrons. The van der Waals surface area contributed by atoms with Gasteiger partial charge in [-0.05, 0) is 32.7 Å². The number of piperidine rings is 1. The van der Waals surface area contributed by atoms with Crippen LogP contribution >= 0.6 is 0 Å². The van der Waals surface area contributed by atoms with Crippen molar-refractivity contribution in [1.29, 1.82) is 0 Å². The smallest absolute Gasteiger partial charge is 0.0168 e. The lowest BCUT2D eigenvalue weighted by Gasteiger charge is -2.30. The summed E-state index contributed by atoms with van der Waals surface area (Å²) < 4.78 is 0. The van der Waals surface area contributed by atoms with Crippen molar-refractivity contribution >= 4 is 0 Å². The molecule has 2 nitrogen and oxygen atoms in total. The van der Waals surface area contributed by atoms with E-state index in [2.05, 4.69) is 18.4 Å². The molecule has 1 heterocycles. The fourth-order valence-corrected chi connectivity index (χ4v) is 1.64. The number of hydrogen-bond acceptors (Lipinski definition) is 2. The molecule has 12 heavy (non-hydrogen) atoms. The van der Waals surface area contributed by atoms with E-state index in [0.29, 0.717) is 6.04 Å². The molecule has 0 unspecified atom stereocenters. The first-order valence-electron chi connectivity index (χ1n) is 4.81. The van der Waals surface area contributed by atoms with E-state index in [4.69, 9.17) is 5.73 Å². The van der Waals surface area contributed by atoms with Crippen molar-refractivity contribution in [3.63, 3.8) is 0 Å². The van der Waals surface area contributed by atoms with Gasteiger partial charge in [0.05, 0.1) is 0 Å². The zero-order valence-electron chi connectivity index (χ0n) is 8.05. The van der Waals surface area contributed by atoms with Gasteiger partial charge in [0.1, 0.15) is 0 Å². The lowest BCUT2D eigenvalue weighted by Crippen LogP contribution is -2.43. The largest absolute Gasteiger partial charge is 0.327 e. The number of likely N-dealkylation sites (tertiary alicyclic amines) is 1. The number of hydrogen-bond donors (Lipinski definition) is 1. The van der Waals surface area contributed by atoms with Crippen LogP contribution in [0.3, 0.4) is 0 Å². The summed E-state index contributed by atoms with van der Waals surface area (Å²) in [5.41, 5.74) is 7.14. The van der Waals surface area contributed by atoms with E-state index >= 15 is 0 Å². The molecule has 1 saturated heterocycles. The maximum atomic E-state index is 5.87. The summed E-state index contributed by atoms with van der Waals surface area (Å²) in [7, 11) is 0. The lowest BCUT2D eigenvalue weighted by atomic mass is 10.1. The maximum Gasteiger partial charge on any atom is 0.0168 e. The van der Waals surface area contributed by atoms with Crippen LogP contribution < -0.4 is 5.73 Å². The second-order valence-electron chi connectivity index (χ2n) is 3.91. The molecule has 1 rings (SSSR count). The van der Waals surface area contributed by atoms with Crippen LogP contribution in [0.2, 0.25) is 0 Å². The highest BCUT2D eigenvalue weighted by Crippen LogP contribution is 2.09. The molecular formula is C10H20N2. The first-order chi connectivity index (χ1) is 5.68. The second kappa shape index (κ2) is 4.63. The summed E-state index contributed by atoms with van der Waals surface area (Å²) in [6.07, 6.45) is 3.58. The molecule has 1 aliphatic rings. The van der Waals surface area contributed by atoms with Crippen LogP contribution in [-0.2, 0) is 0 Å². The van der Waals surface area contributed by atoms with E-state index in [1.54, 1.807) is 0 Å². The number of nitrogens with two attached hydrogens (primary N) is 1. The summed E-state index contributed by atoms with van der Waals surface area (Å²) >= 11 is 0. The van der Waals surface area contributed by atoms with Gasteiger partial charge in [-0.3, -0.25) is 0 Å². The van der Waals surface area contributed by atoms with Gasteiger partial charge in [0.25, 0.3) is 0 Å². The molecule has 0 aromatic rings. The van der Waals surface area contributed by atoms with Crippen molar-refractivity contribution in [1.82, 2.24) is 4.90 Å². The standard InChI is InChI=1S/C10H20N2/c1-9(2)5-7-12-6-3-4-10(11)8-12/h10H,1,3-8,11H2,2H3/t10-/m1/s1. The topological polar surface area (TPSA) is 29.3 Å². The van der Waals surface area contributed by atoms with E-state index in [-0.39, 0.29) is 0 Å². The minimum atomic E-state index is 0.406. The Kier molecular flexibility index (Phi) is 3.76. The van der Waals surface area contributed by atoms with Gasteiger partial charge in [0.15, 0.2) is 0 Å². The second-order valence-corrected chi connectivity index (χ2v) is 3.91. The molecule has 1 fully saturated rings. The Morgan fingerprint density at radius 1 is 1.67 bits per heavy atom. The summed E-state index contributed by atoms with van der Waals surface area (Å²) in [6.45, 7) is 9.43. The van der Waals surface area contributed by atoms with Crippen LogP contribution in [0, 0.1) is 0 Å². The third-order valence-corrected chi connectivity index (χ3v) is 2.40. The molecule has 0 aromatic heterocycles. The third-order valence-electron chi connectivity index (χ3n) is 2.40. The summed E-state index contributed by atoms with van der Waals surface area (Å²) in [5.74, 6) is 0. The Balaban J connectivity index is 2.18. The quantitative estimate of drug-likeness (QED) is 0.645. The third kappa shape index (κ3) is 3.37. The van der Waals surface area contributed by atoms with Crippen molar-refractivity contribution in [3.8, 4) is 0 Å². The van der Waals surface area contributed by atoms with Gasteiger partial charge in [0, 0.05) is 19.1 Å². The summed E-state index contributed by atoms with van der Waals surface area (Å²) in [4.78, 5) is 2.45. The lowest BCUT2D eigenvalue weighted by molar-refractivity contribution is 0.211. The average Bonchev–Trinajstić information content (AvgIpc) is 2.01. The zero-order valence-corrected chi connectivity index (χ0v) is 8.05. The van der Waals surface area contributed by atoms with E-state index in [1.807, 2.05) is 0 Å². The Morgan fingerprint density at radius 2 is 2.42 bits per heavy atom. The van der Waals surface area contributed by atoms with E-state index in [9.17, 15) is 0 Å². The highest BCUT2D eigenvalue weighted by molar-refractivity contribution is 4.89. The molecule has 0 amide bonds. The Labute approximate surface area is 75.4 Å². The number of nitrogens with zero attached hydrogens (tertiary/aromatic N) is 1. The molecular weight excluding hydrogens is 148 g/mol. The van der Waals surface area contributed by atoms with Crippen LogP contribution in [0.4, 0.5) is 0 Å². The van der Waals surface area contributed by atoms with E-state index < -0.39 is 0 Å². The molecule has 1 atom stereocenters. The fraction of sp³-hybridized carbons (Fsp3) is 0.800. The minimum absolute atomic E-state index is 0.406. The summed E-state index contributed by atoms with van der Waals surface area (Å²) in [5, 5.41) is 0. The molecule has 0 aromatic carbocycles. The summed E-state index contributed by atoms with van der Waals surface area (Å²) in [6, 6.07) is 0.406. The highest BCUT2D eigenvalue weighted by atomic mass is 15.1. The highest BCUT2D eigenvalue weighted by Gasteiger charge is 2.15. The maximum absolute atomic E-state index is 5.87. The van der Waals surface area contributed by atoms with Crippen LogP contribution in [0.5, 0.6) is 0 Å². The van der Waals surface area contributed by atoms with Gasteiger partial charge in [-0.15, -0.1) is 6.58 Å². The van der Waals surface area contributed by atoms with Crippen LogP contribution in [0.1, 0.15) is 26.2 Å². The van der Waals surface area contributed by atoms with Gasteiger partial charge in [-0.2, -0.15) is 0 Å². The Bertz CT molecular complexity index is 154. The fourth-order valence-electron chi connectivity index (χ4n) is 1.64. The van der Waals surface area contributed by atoms with Gasteiger partial charge < -0.3 is 10.6 Å². The Hall–Kier alpha value is -0.340. The molecule has 2 heteroatoms. The van der Waals surface area contributed by atoms with Gasteiger partial charge in [-0.1, -0.05) is 5.57 Å². The monoisotopic (exact) mass is 168 g/mol. The van der Waals surface area contributed by atoms with Crippen LogP contribution in [0.25, 0.3) is 0 Å². The molecule has 1 aliphatic heterocycles. The normalized spacial score (nSPS) is 25.7. The first kappa shape index (κ1) is 9.75. The van der Waals surface area contributed by atoms with Gasteiger partial charge in [-0.25, -0.2) is 0 Å². The minimum Gasteiger partial charge on any atom is -0.327 e. The van der Waals surface area contributed by atoms with Crippen molar-refractivity contribution in [2.24, 2.45) is 5.73 Å². The first-order valence-corrected chi connectivity index (χ1v) is 4.81. The molecule has 0 saturated carbocycles. The van der Waals surface area contributed by atoms with Gasteiger partial charge in [0.2, 0.25) is 0 Å². The predicted octanol–water partition coefficient (Wildman–Crippen LogP) is 1.38. The van der Waals surface area contributed by atoms with Crippen molar-refractivity contribution < 1.29 is 0 Å². The van der Waals surface area contributed by atoms with Crippen molar-refractivity contribution in [2.45, 2.75) is 32.2 Å². The SMILES string of the molecule is C=C(C)CCN1CCC[C@@H](N)C1. The molecule has 0 aliphatic carbocycles. The molecule has 2 N–H and O–H groups in total. The zero-order chi connectivity index (χ0) is 8.97. The van der Waals surface area contributed by atoms with Gasteiger partial charge >= 0.3 is 0 Å². The molecule has 0 bridgehead atoms. The predicted molar refractivity (Wildman–Crippen MR) is 53.1 cm³/mol. The van der Waals surface area contributed by atoms with Crippen LogP contribution in [-0.4, -0.2) is 30.6 Å². The van der Waals surface area contributed by atoms with Crippen molar-refractivity contribution in [2.75, 3.05) is 19.6 Å². The van der Waals surface area contributed by atoms with E-state index in [0.717, 1.165) is 19.5 Å². The number of rotatable bonds is 3.